The Kier molecular flexibility index (Phi) is 10.9. The number of carbonyl (C=O) groups is 2. The number of nitrogens with one attached hydrogen (secondary N) is 1. The summed E-state index contributed by atoms with van der Waals surface area (Å²) in [7, 11) is -2.18. The van der Waals surface area contributed by atoms with Crippen LogP contribution in [0.15, 0.2) is 60.7 Å². The van der Waals surface area contributed by atoms with E-state index in [1.54, 1.807) is 45.0 Å². The molecule has 1 amide bonds. The lowest BCUT2D eigenvalue weighted by molar-refractivity contribution is -0.0198. The number of carbonyl (C=O) groups excluding carboxylic acids is 2. The highest BCUT2D eigenvalue weighted by Crippen LogP contribution is 2.36. The third kappa shape index (κ3) is 10.7. The Labute approximate surface area is 223 Å². The molecule has 0 aliphatic carbocycles. The van der Waals surface area contributed by atoms with Crippen LogP contribution in [0.1, 0.15) is 57.5 Å². The number of hydrogen-bond donors (Lipinski definition) is 1. The normalized spacial score (nSPS) is 13.9. The number of amides is 1. The summed E-state index contributed by atoms with van der Waals surface area (Å²) in [5, 5.41) is 2.82. The van der Waals surface area contributed by atoms with Gasteiger partial charge in [0.25, 0.3) is 0 Å². The summed E-state index contributed by atoms with van der Waals surface area (Å²) in [4.78, 5) is 25.8. The SMILES string of the molecule is CC(C)(C)OC(=O)N[C@@H](COCc1ccccc1)[C@H](CO[Si](C)(C)C(C)(C)C)OC(=O)c1ccccc1. The van der Waals surface area contributed by atoms with E-state index in [4.69, 9.17) is 18.6 Å². The Bertz CT molecular complexity index is 983. The van der Waals surface area contributed by atoms with Crippen molar-refractivity contribution in [1.29, 1.82) is 0 Å². The van der Waals surface area contributed by atoms with Crippen molar-refractivity contribution in [2.75, 3.05) is 13.2 Å². The summed E-state index contributed by atoms with van der Waals surface area (Å²) in [6.45, 7) is 16.6. The standard InChI is InChI=1S/C29H43NO6Si/c1-28(2,3)36-27(32)30-24(20-33-19-22-15-11-9-12-16-22)25(21-34-37(7,8)29(4,5)6)35-26(31)23-17-13-10-14-18-23/h9-18,24-25H,19-21H2,1-8H3,(H,30,32)/t24-,25-/m0/s1. The van der Waals surface area contributed by atoms with E-state index in [1.807, 2.05) is 36.4 Å². The number of hydrogen-bond acceptors (Lipinski definition) is 6. The summed E-state index contributed by atoms with van der Waals surface area (Å²) in [6.07, 6.45) is -1.42. The fourth-order valence-corrected chi connectivity index (χ4v) is 4.11. The maximum Gasteiger partial charge on any atom is 0.408 e. The number of alkyl carbamates (subject to hydrolysis) is 1. The average molecular weight is 530 g/mol. The largest absolute Gasteiger partial charge is 0.454 e. The second-order valence-corrected chi connectivity index (χ2v) is 16.4. The number of rotatable bonds is 11. The van der Waals surface area contributed by atoms with E-state index in [9.17, 15) is 9.59 Å². The fraction of sp³-hybridized carbons (Fsp3) is 0.517. The molecule has 0 saturated carbocycles. The number of ether oxygens (including phenoxy) is 3. The molecule has 7 nitrogen and oxygen atoms in total. The Hall–Kier alpha value is -2.68. The highest BCUT2D eigenvalue weighted by atomic mass is 28.4. The summed E-state index contributed by atoms with van der Waals surface area (Å²) in [6, 6.07) is 17.8. The smallest absolute Gasteiger partial charge is 0.408 e. The molecule has 0 heterocycles. The highest BCUT2D eigenvalue weighted by molar-refractivity contribution is 6.74. The molecule has 0 unspecified atom stereocenters. The van der Waals surface area contributed by atoms with E-state index in [1.165, 1.54) is 0 Å². The van der Waals surface area contributed by atoms with Crippen molar-refractivity contribution >= 4 is 20.4 Å². The molecule has 8 heteroatoms. The van der Waals surface area contributed by atoms with Gasteiger partial charge in [0, 0.05) is 0 Å². The zero-order chi connectivity index (χ0) is 27.7. The lowest BCUT2D eigenvalue weighted by Gasteiger charge is -2.38. The van der Waals surface area contributed by atoms with Gasteiger partial charge in [-0.2, -0.15) is 0 Å². The van der Waals surface area contributed by atoms with Crippen molar-refractivity contribution in [3.05, 3.63) is 71.8 Å². The molecule has 0 aliphatic heterocycles. The van der Waals surface area contributed by atoms with Crippen LogP contribution in [0.25, 0.3) is 0 Å². The average Bonchev–Trinajstić information content (AvgIpc) is 2.80. The zero-order valence-electron chi connectivity index (χ0n) is 23.5. The molecule has 0 fully saturated rings. The zero-order valence-corrected chi connectivity index (χ0v) is 24.5. The molecule has 0 aromatic heterocycles. The molecule has 2 rings (SSSR count). The molecule has 0 bridgehead atoms. The molecular formula is C29H43NO6Si. The van der Waals surface area contributed by atoms with E-state index >= 15 is 0 Å². The van der Waals surface area contributed by atoms with Crippen molar-refractivity contribution in [2.45, 2.75) is 84.0 Å². The second kappa shape index (κ2) is 13.2. The minimum Gasteiger partial charge on any atom is -0.454 e. The van der Waals surface area contributed by atoms with Crippen molar-refractivity contribution in [3.8, 4) is 0 Å². The molecule has 0 aliphatic rings. The van der Waals surface area contributed by atoms with Crippen LogP contribution in [0.4, 0.5) is 4.79 Å². The predicted molar refractivity (Wildman–Crippen MR) is 148 cm³/mol. The van der Waals surface area contributed by atoms with Gasteiger partial charge in [0.15, 0.2) is 8.32 Å². The minimum atomic E-state index is -2.18. The second-order valence-electron chi connectivity index (χ2n) is 11.6. The minimum absolute atomic E-state index is 0.0428. The quantitative estimate of drug-likeness (QED) is 0.270. The molecule has 2 atom stereocenters. The molecule has 204 valence electrons. The van der Waals surface area contributed by atoms with Crippen LogP contribution in [-0.2, 0) is 25.2 Å². The third-order valence-corrected chi connectivity index (χ3v) is 10.7. The molecule has 0 radical (unpaired) electrons. The fourth-order valence-electron chi connectivity index (χ4n) is 3.10. The van der Waals surface area contributed by atoms with Crippen LogP contribution in [0.3, 0.4) is 0 Å². The van der Waals surface area contributed by atoms with E-state index in [-0.39, 0.29) is 18.3 Å². The Morgan fingerprint density at radius 1 is 0.865 bits per heavy atom. The third-order valence-electron chi connectivity index (χ3n) is 6.24. The Balaban J connectivity index is 2.28. The van der Waals surface area contributed by atoms with Crippen LogP contribution in [0.5, 0.6) is 0 Å². The molecule has 1 N–H and O–H groups in total. The van der Waals surface area contributed by atoms with Gasteiger partial charge >= 0.3 is 12.1 Å². The van der Waals surface area contributed by atoms with Gasteiger partial charge < -0.3 is 24.0 Å². The van der Waals surface area contributed by atoms with Gasteiger partial charge in [-0.05, 0) is 56.6 Å². The van der Waals surface area contributed by atoms with Crippen LogP contribution in [0.2, 0.25) is 18.1 Å². The van der Waals surface area contributed by atoms with Crippen molar-refractivity contribution < 1.29 is 28.2 Å². The van der Waals surface area contributed by atoms with Crippen molar-refractivity contribution in [3.63, 3.8) is 0 Å². The van der Waals surface area contributed by atoms with E-state index in [0.717, 1.165) is 5.56 Å². The van der Waals surface area contributed by atoms with Crippen molar-refractivity contribution in [2.24, 2.45) is 0 Å². The van der Waals surface area contributed by atoms with Gasteiger partial charge in [0.2, 0.25) is 0 Å². The molecule has 0 saturated heterocycles. The summed E-state index contributed by atoms with van der Waals surface area (Å²) >= 11 is 0. The molecule has 37 heavy (non-hydrogen) atoms. The van der Waals surface area contributed by atoms with Crippen molar-refractivity contribution in [1.82, 2.24) is 5.32 Å². The van der Waals surface area contributed by atoms with E-state index in [2.05, 4.69) is 39.2 Å². The monoisotopic (exact) mass is 529 g/mol. The Morgan fingerprint density at radius 3 is 1.97 bits per heavy atom. The highest BCUT2D eigenvalue weighted by Gasteiger charge is 2.39. The van der Waals surface area contributed by atoms with Crippen LogP contribution in [-0.4, -0.2) is 51.3 Å². The van der Waals surface area contributed by atoms with Gasteiger partial charge in [-0.1, -0.05) is 69.3 Å². The molecule has 0 spiro atoms. The summed E-state index contributed by atoms with van der Waals surface area (Å²) < 4.78 is 23.9. The maximum atomic E-state index is 13.0. The summed E-state index contributed by atoms with van der Waals surface area (Å²) in [5.74, 6) is -0.497. The Morgan fingerprint density at radius 2 is 1.43 bits per heavy atom. The first kappa shape index (κ1) is 30.5. The van der Waals surface area contributed by atoms with Crippen LogP contribution >= 0.6 is 0 Å². The van der Waals surface area contributed by atoms with Gasteiger partial charge in [-0.25, -0.2) is 9.59 Å². The number of esters is 1. The van der Waals surface area contributed by atoms with Crippen LogP contribution in [0, 0.1) is 0 Å². The van der Waals surface area contributed by atoms with E-state index in [0.29, 0.717) is 12.2 Å². The summed E-state index contributed by atoms with van der Waals surface area (Å²) in [5.41, 5.74) is 0.725. The maximum absolute atomic E-state index is 13.0. The lowest BCUT2D eigenvalue weighted by atomic mass is 10.1. The van der Waals surface area contributed by atoms with Gasteiger partial charge in [0.1, 0.15) is 11.7 Å². The van der Waals surface area contributed by atoms with Gasteiger partial charge in [0.05, 0.1) is 31.4 Å². The van der Waals surface area contributed by atoms with E-state index < -0.39 is 38.1 Å². The first-order valence-corrected chi connectivity index (χ1v) is 15.6. The molecular weight excluding hydrogens is 486 g/mol. The first-order valence-electron chi connectivity index (χ1n) is 12.7. The first-order chi connectivity index (χ1) is 17.2. The molecule has 2 aromatic carbocycles. The van der Waals surface area contributed by atoms with Crippen LogP contribution < -0.4 is 5.32 Å². The number of benzene rings is 2. The van der Waals surface area contributed by atoms with Gasteiger partial charge in [-0.3, -0.25) is 0 Å². The van der Waals surface area contributed by atoms with Gasteiger partial charge in [-0.15, -0.1) is 0 Å². The predicted octanol–water partition coefficient (Wildman–Crippen LogP) is 6.34. The molecule has 2 aromatic rings. The topological polar surface area (TPSA) is 83.1 Å². The lowest BCUT2D eigenvalue weighted by Crippen LogP contribution is -2.53.